The molecule has 78 heavy (non-hydrogen) atoms. The Bertz CT molecular complexity index is 3220. The molecule has 7 rings (SSSR count). The highest BCUT2D eigenvalue weighted by molar-refractivity contribution is 6.09. The number of carboxylic acid groups (broad SMARTS) is 1. The van der Waals surface area contributed by atoms with Gasteiger partial charge in [-0.15, -0.1) is 0 Å². The van der Waals surface area contributed by atoms with Crippen LogP contribution in [-0.2, 0) is 43.2 Å². The quantitative estimate of drug-likeness (QED) is 0.0367. The Hall–Kier alpha value is -9.42. The molecule has 0 unspecified atom stereocenters. The number of hydrogen-bond donors (Lipinski definition) is 8. The molecule has 6 amide bonds. The molecule has 4 atom stereocenters. The van der Waals surface area contributed by atoms with Crippen molar-refractivity contribution < 1.29 is 51.8 Å². The molecule has 0 aliphatic rings. The summed E-state index contributed by atoms with van der Waals surface area (Å²) >= 11 is 0. The van der Waals surface area contributed by atoms with Gasteiger partial charge in [0, 0.05) is 46.5 Å². The number of carboxylic acids is 1. The van der Waals surface area contributed by atoms with Gasteiger partial charge in [-0.2, -0.15) is 13.2 Å². The number of rotatable bonds is 20. The zero-order chi connectivity index (χ0) is 56.4. The standard InChI is InChI=1S/C58H57N7O6.C2HF3O2/c1-37(2)52(53(60)66)65-58(71)51(36-40-24-10-5-11-25-40)64-55(68)46-31-15-13-27-42(46)41-26-12-14-30-45(41)54(67)63-50(35-39-22-8-4-9-23-39)57(70)62-49-33-19-17-29-44(49)43-28-16-18-32-48(43)61-56(69)47(59)34-38-20-6-3-7-21-38;3-2(4,5)1(6)7/h3-33,37,47,50-52H,34-36,59H2,1-2H3,(H2,60,66)(H,61,69)(H,62,70)(H,63,67)(H,64,68)(H,65,71);(H,6,7)/t47-,50-,51-,52-;/m0./s1. The van der Waals surface area contributed by atoms with Crippen molar-refractivity contribution in [2.24, 2.45) is 17.4 Å². The summed E-state index contributed by atoms with van der Waals surface area (Å²) < 4.78 is 31.7. The molecule has 7 aromatic rings. The topological polar surface area (TPSA) is 252 Å². The Morgan fingerprint density at radius 1 is 0.462 bits per heavy atom. The van der Waals surface area contributed by atoms with Crippen LogP contribution >= 0.6 is 0 Å². The average Bonchev–Trinajstić information content (AvgIpc) is 3.47. The fraction of sp³-hybridized carbons (Fsp3) is 0.183. The number of carbonyl (C=O) groups excluding carboxylic acids is 6. The number of para-hydroxylation sites is 2. The third kappa shape index (κ3) is 16.3. The van der Waals surface area contributed by atoms with E-state index in [-0.39, 0.29) is 35.8 Å². The molecule has 402 valence electrons. The Labute approximate surface area is 448 Å². The summed E-state index contributed by atoms with van der Waals surface area (Å²) in [4.78, 5) is 92.0. The van der Waals surface area contributed by atoms with Crippen molar-refractivity contribution in [3.05, 3.63) is 216 Å². The van der Waals surface area contributed by atoms with E-state index in [4.69, 9.17) is 21.4 Å². The number of carbonyl (C=O) groups is 7. The normalized spacial score (nSPS) is 12.5. The van der Waals surface area contributed by atoms with Crippen LogP contribution in [-0.4, -0.2) is 76.9 Å². The highest BCUT2D eigenvalue weighted by Crippen LogP contribution is 2.34. The third-order valence-electron chi connectivity index (χ3n) is 12.3. The zero-order valence-corrected chi connectivity index (χ0v) is 42.5. The fourth-order valence-electron chi connectivity index (χ4n) is 8.30. The van der Waals surface area contributed by atoms with Crippen molar-refractivity contribution >= 4 is 52.8 Å². The lowest BCUT2D eigenvalue weighted by Gasteiger charge is -2.24. The summed E-state index contributed by atoms with van der Waals surface area (Å²) in [6, 6.07) is 51.9. The van der Waals surface area contributed by atoms with Crippen LogP contribution in [0.1, 0.15) is 51.3 Å². The van der Waals surface area contributed by atoms with Crippen molar-refractivity contribution in [3.63, 3.8) is 0 Å². The van der Waals surface area contributed by atoms with Crippen LogP contribution in [0.2, 0.25) is 0 Å². The molecule has 0 aliphatic heterocycles. The minimum absolute atomic E-state index is 0.117. The van der Waals surface area contributed by atoms with E-state index in [1.807, 2.05) is 115 Å². The second-order valence-corrected chi connectivity index (χ2v) is 18.3. The van der Waals surface area contributed by atoms with Crippen molar-refractivity contribution in [1.82, 2.24) is 16.0 Å². The lowest BCUT2D eigenvalue weighted by Crippen LogP contribution is -2.55. The van der Waals surface area contributed by atoms with E-state index in [2.05, 4.69) is 26.6 Å². The van der Waals surface area contributed by atoms with E-state index in [9.17, 15) is 41.9 Å². The van der Waals surface area contributed by atoms with Gasteiger partial charge in [0.15, 0.2) is 0 Å². The number of anilines is 2. The van der Waals surface area contributed by atoms with E-state index in [1.165, 1.54) is 0 Å². The Morgan fingerprint density at radius 3 is 1.18 bits per heavy atom. The van der Waals surface area contributed by atoms with Crippen LogP contribution in [0.15, 0.2) is 188 Å². The number of alkyl halides is 3. The third-order valence-corrected chi connectivity index (χ3v) is 12.3. The van der Waals surface area contributed by atoms with E-state index < -0.39 is 65.8 Å². The van der Waals surface area contributed by atoms with Gasteiger partial charge < -0.3 is 43.2 Å². The van der Waals surface area contributed by atoms with E-state index in [1.54, 1.807) is 86.6 Å². The molecule has 0 aromatic heterocycles. The summed E-state index contributed by atoms with van der Waals surface area (Å²) in [7, 11) is 0. The second-order valence-electron chi connectivity index (χ2n) is 18.3. The molecule has 0 spiro atoms. The zero-order valence-electron chi connectivity index (χ0n) is 42.5. The predicted octanol–water partition coefficient (Wildman–Crippen LogP) is 8.11. The summed E-state index contributed by atoms with van der Waals surface area (Å²) in [5.41, 5.74) is 17.9. The Kier molecular flexibility index (Phi) is 20.3. The van der Waals surface area contributed by atoms with E-state index >= 15 is 0 Å². The van der Waals surface area contributed by atoms with Crippen LogP contribution in [0.5, 0.6) is 0 Å². The molecule has 0 aliphatic carbocycles. The number of amides is 6. The Balaban J connectivity index is 0.00000131. The number of halogens is 3. The smallest absolute Gasteiger partial charge is 0.475 e. The molecule has 0 heterocycles. The second kappa shape index (κ2) is 27.4. The molecule has 0 saturated heterocycles. The molecule has 15 nitrogen and oxygen atoms in total. The number of primary amides is 1. The first-order valence-electron chi connectivity index (χ1n) is 24.7. The molecular weight excluding hydrogens is 1000 g/mol. The highest BCUT2D eigenvalue weighted by Gasteiger charge is 2.38. The van der Waals surface area contributed by atoms with Gasteiger partial charge in [-0.1, -0.05) is 178 Å². The first-order chi connectivity index (χ1) is 37.3. The average molecular weight is 1060 g/mol. The maximum absolute atomic E-state index is 14.6. The van der Waals surface area contributed by atoms with Crippen LogP contribution in [0.25, 0.3) is 22.3 Å². The van der Waals surface area contributed by atoms with Gasteiger partial charge in [0.25, 0.3) is 11.8 Å². The predicted molar refractivity (Wildman–Crippen MR) is 292 cm³/mol. The minimum Gasteiger partial charge on any atom is -0.475 e. The SMILES string of the molecule is CC(C)[C@H](NC(=O)[C@H](Cc1ccccc1)NC(=O)c1ccccc1-c1ccccc1C(=O)N[C@@H](Cc1ccccc1)C(=O)Nc1ccccc1-c1ccccc1NC(=O)[C@@H](N)Cc1ccccc1)C(N)=O.O=C(O)C(F)(F)F. The van der Waals surface area contributed by atoms with Gasteiger partial charge in [0.05, 0.1) is 6.04 Å². The van der Waals surface area contributed by atoms with Crippen molar-refractivity contribution in [3.8, 4) is 22.3 Å². The molecule has 0 bridgehead atoms. The first kappa shape index (κ1) is 57.9. The van der Waals surface area contributed by atoms with Gasteiger partial charge >= 0.3 is 12.1 Å². The maximum Gasteiger partial charge on any atom is 0.490 e. The molecular formula is C60H58F3N7O8. The van der Waals surface area contributed by atoms with Gasteiger partial charge in [-0.25, -0.2) is 4.79 Å². The molecule has 0 fully saturated rings. The van der Waals surface area contributed by atoms with Gasteiger partial charge in [0.2, 0.25) is 23.6 Å². The van der Waals surface area contributed by atoms with Crippen LogP contribution in [0.4, 0.5) is 24.5 Å². The fourth-order valence-corrected chi connectivity index (χ4v) is 8.30. The first-order valence-corrected chi connectivity index (χ1v) is 24.7. The lowest BCUT2D eigenvalue weighted by molar-refractivity contribution is -0.192. The van der Waals surface area contributed by atoms with Crippen molar-refractivity contribution in [1.29, 1.82) is 0 Å². The van der Waals surface area contributed by atoms with Gasteiger partial charge in [0.1, 0.15) is 18.1 Å². The largest absolute Gasteiger partial charge is 0.490 e. The van der Waals surface area contributed by atoms with Crippen LogP contribution in [0.3, 0.4) is 0 Å². The van der Waals surface area contributed by atoms with Gasteiger partial charge in [-0.3, -0.25) is 28.8 Å². The summed E-state index contributed by atoms with van der Waals surface area (Å²) in [6.45, 7) is 3.52. The number of nitrogens with one attached hydrogen (secondary N) is 5. The summed E-state index contributed by atoms with van der Waals surface area (Å²) in [5, 5.41) is 21.8. The number of nitrogens with two attached hydrogens (primary N) is 2. The van der Waals surface area contributed by atoms with Crippen LogP contribution in [0, 0.1) is 5.92 Å². The number of benzene rings is 7. The summed E-state index contributed by atoms with van der Waals surface area (Å²) in [6.07, 6.45) is -4.49. The molecule has 18 heteroatoms. The monoisotopic (exact) mass is 1060 g/mol. The van der Waals surface area contributed by atoms with Crippen molar-refractivity contribution in [2.45, 2.75) is 63.5 Å². The summed E-state index contributed by atoms with van der Waals surface area (Å²) in [5.74, 6) is -6.39. The van der Waals surface area contributed by atoms with E-state index in [0.29, 0.717) is 40.0 Å². The molecule has 0 radical (unpaired) electrons. The lowest BCUT2D eigenvalue weighted by atomic mass is 9.93. The van der Waals surface area contributed by atoms with Crippen LogP contribution < -0.4 is 38.1 Å². The van der Waals surface area contributed by atoms with Crippen molar-refractivity contribution in [2.75, 3.05) is 10.6 Å². The van der Waals surface area contributed by atoms with E-state index in [0.717, 1.165) is 16.7 Å². The Morgan fingerprint density at radius 2 is 0.795 bits per heavy atom. The number of hydrogen-bond acceptors (Lipinski definition) is 8. The minimum atomic E-state index is -5.08. The molecule has 7 aromatic carbocycles. The molecule has 10 N–H and O–H groups in total. The maximum atomic E-state index is 14.6. The highest BCUT2D eigenvalue weighted by atomic mass is 19.4. The van der Waals surface area contributed by atoms with Gasteiger partial charge in [-0.05, 0) is 64.4 Å². The molecule has 0 saturated carbocycles. The number of aliphatic carboxylic acids is 1.